The van der Waals surface area contributed by atoms with Gasteiger partial charge in [-0.1, -0.05) is 31.0 Å². The van der Waals surface area contributed by atoms with Crippen LogP contribution < -0.4 is 5.32 Å². The van der Waals surface area contributed by atoms with E-state index in [2.05, 4.69) is 28.2 Å². The summed E-state index contributed by atoms with van der Waals surface area (Å²) in [5.74, 6) is -0.0853. The molecule has 0 bridgehead atoms. The number of carbonyl (C=O) groups excluding carboxylic acids is 1. The van der Waals surface area contributed by atoms with Gasteiger partial charge in [0, 0.05) is 11.0 Å². The summed E-state index contributed by atoms with van der Waals surface area (Å²) in [7, 11) is 0. The zero-order valence-electron chi connectivity index (χ0n) is 8.52. The number of hydrogen-bond donors (Lipinski definition) is 1. The lowest BCUT2D eigenvalue weighted by Crippen LogP contribution is -2.24. The summed E-state index contributed by atoms with van der Waals surface area (Å²) < 4.78 is 0.653. The maximum absolute atomic E-state index is 11.7. The second-order valence-corrected chi connectivity index (χ2v) is 4.41. The first kappa shape index (κ1) is 12.5. The van der Waals surface area contributed by atoms with E-state index < -0.39 is 0 Å². The zero-order chi connectivity index (χ0) is 11.3. The summed E-state index contributed by atoms with van der Waals surface area (Å²) >= 11 is 9.19. The summed E-state index contributed by atoms with van der Waals surface area (Å²) in [6.07, 6.45) is 2.06. The predicted octanol–water partition coefficient (Wildman–Crippen LogP) is 3.63. The van der Waals surface area contributed by atoms with Crippen molar-refractivity contribution in [1.29, 1.82) is 0 Å². The first-order valence-corrected chi connectivity index (χ1v) is 6.06. The highest BCUT2D eigenvalue weighted by Gasteiger charge is 2.10. The van der Waals surface area contributed by atoms with E-state index in [1.807, 2.05) is 0 Å². The van der Waals surface area contributed by atoms with Gasteiger partial charge in [0.05, 0.1) is 10.6 Å². The molecule has 0 aliphatic carbocycles. The number of carbonyl (C=O) groups is 1. The zero-order valence-corrected chi connectivity index (χ0v) is 10.9. The van der Waals surface area contributed by atoms with Gasteiger partial charge in [0.25, 0.3) is 5.91 Å². The maximum Gasteiger partial charge on any atom is 0.252 e. The number of amides is 1. The molecule has 2 nitrogen and oxygen atoms in total. The molecular formula is C11H13BrClNO. The highest BCUT2D eigenvalue weighted by molar-refractivity contribution is 9.10. The predicted molar refractivity (Wildman–Crippen MR) is 66.4 cm³/mol. The molecule has 1 rings (SSSR count). The van der Waals surface area contributed by atoms with Gasteiger partial charge in [-0.05, 0) is 34.5 Å². The van der Waals surface area contributed by atoms with Crippen LogP contribution in [-0.4, -0.2) is 12.5 Å². The van der Waals surface area contributed by atoms with Gasteiger partial charge >= 0.3 is 0 Å². The van der Waals surface area contributed by atoms with Crippen LogP contribution in [0.25, 0.3) is 0 Å². The highest BCUT2D eigenvalue weighted by Crippen LogP contribution is 2.25. The fourth-order valence-electron chi connectivity index (χ4n) is 1.15. The van der Waals surface area contributed by atoms with Crippen molar-refractivity contribution in [2.75, 3.05) is 6.54 Å². The minimum atomic E-state index is -0.0853. The number of unbranched alkanes of at least 4 members (excludes halogenated alkanes) is 1. The molecule has 1 aromatic rings. The third kappa shape index (κ3) is 3.50. The van der Waals surface area contributed by atoms with Crippen LogP contribution in [0, 0.1) is 0 Å². The molecule has 0 spiro atoms. The normalized spacial score (nSPS) is 10.1. The molecule has 82 valence electrons. The number of benzene rings is 1. The molecule has 0 saturated carbocycles. The van der Waals surface area contributed by atoms with Crippen LogP contribution in [0.4, 0.5) is 0 Å². The summed E-state index contributed by atoms with van der Waals surface area (Å²) in [5.41, 5.74) is 0.582. The van der Waals surface area contributed by atoms with Crippen molar-refractivity contribution in [3.8, 4) is 0 Å². The van der Waals surface area contributed by atoms with Gasteiger partial charge in [0.2, 0.25) is 0 Å². The standard InChI is InChI=1S/C11H13BrClNO/c1-2-3-7-14-11(15)8-5-4-6-9(13)10(8)12/h4-6H,2-3,7H2,1H3,(H,14,15). The van der Waals surface area contributed by atoms with Crippen LogP contribution in [-0.2, 0) is 0 Å². The topological polar surface area (TPSA) is 29.1 Å². The van der Waals surface area contributed by atoms with Crippen LogP contribution in [0.2, 0.25) is 5.02 Å². The molecule has 0 heterocycles. The summed E-state index contributed by atoms with van der Waals surface area (Å²) in [6.45, 7) is 2.79. The molecule has 0 radical (unpaired) electrons. The molecule has 0 fully saturated rings. The molecule has 1 N–H and O–H groups in total. The van der Waals surface area contributed by atoms with Crippen LogP contribution in [0.5, 0.6) is 0 Å². The Morgan fingerprint density at radius 2 is 2.27 bits per heavy atom. The Hall–Kier alpha value is -0.540. The molecule has 0 aliphatic rings. The average molecular weight is 291 g/mol. The molecule has 0 atom stereocenters. The van der Waals surface area contributed by atoms with Crippen LogP contribution in [0.3, 0.4) is 0 Å². The lowest BCUT2D eigenvalue weighted by atomic mass is 10.2. The lowest BCUT2D eigenvalue weighted by Gasteiger charge is -2.06. The van der Waals surface area contributed by atoms with E-state index in [9.17, 15) is 4.79 Å². The van der Waals surface area contributed by atoms with Gasteiger partial charge in [0.1, 0.15) is 0 Å². The van der Waals surface area contributed by atoms with Gasteiger partial charge in [-0.15, -0.1) is 0 Å². The van der Waals surface area contributed by atoms with Gasteiger partial charge < -0.3 is 5.32 Å². The van der Waals surface area contributed by atoms with E-state index in [0.717, 1.165) is 12.8 Å². The van der Waals surface area contributed by atoms with Crippen molar-refractivity contribution in [3.63, 3.8) is 0 Å². The van der Waals surface area contributed by atoms with E-state index in [0.29, 0.717) is 21.6 Å². The Morgan fingerprint density at radius 1 is 1.53 bits per heavy atom. The third-order valence-corrected chi connectivity index (χ3v) is 3.41. The summed E-state index contributed by atoms with van der Waals surface area (Å²) in [4.78, 5) is 11.7. The summed E-state index contributed by atoms with van der Waals surface area (Å²) in [5, 5.41) is 3.39. The van der Waals surface area contributed by atoms with E-state index in [1.165, 1.54) is 0 Å². The van der Waals surface area contributed by atoms with E-state index in [1.54, 1.807) is 18.2 Å². The minimum Gasteiger partial charge on any atom is -0.352 e. The number of rotatable bonds is 4. The molecule has 15 heavy (non-hydrogen) atoms. The number of hydrogen-bond acceptors (Lipinski definition) is 1. The fourth-order valence-corrected chi connectivity index (χ4v) is 1.77. The van der Waals surface area contributed by atoms with Crippen molar-refractivity contribution < 1.29 is 4.79 Å². The highest BCUT2D eigenvalue weighted by atomic mass is 79.9. The Balaban J connectivity index is 2.69. The van der Waals surface area contributed by atoms with Crippen molar-refractivity contribution in [1.82, 2.24) is 5.32 Å². The minimum absolute atomic E-state index is 0.0853. The molecule has 0 saturated heterocycles. The van der Waals surface area contributed by atoms with E-state index in [-0.39, 0.29) is 5.91 Å². The van der Waals surface area contributed by atoms with Crippen molar-refractivity contribution in [2.24, 2.45) is 0 Å². The van der Waals surface area contributed by atoms with Crippen molar-refractivity contribution >= 4 is 33.4 Å². The smallest absolute Gasteiger partial charge is 0.252 e. The van der Waals surface area contributed by atoms with Gasteiger partial charge in [-0.25, -0.2) is 0 Å². The van der Waals surface area contributed by atoms with Crippen molar-refractivity contribution in [3.05, 3.63) is 33.3 Å². The van der Waals surface area contributed by atoms with Crippen LogP contribution in [0.1, 0.15) is 30.1 Å². The van der Waals surface area contributed by atoms with E-state index >= 15 is 0 Å². The van der Waals surface area contributed by atoms with Gasteiger partial charge in [-0.3, -0.25) is 4.79 Å². The van der Waals surface area contributed by atoms with Crippen LogP contribution >= 0.6 is 27.5 Å². The Bertz CT molecular complexity index is 354. The van der Waals surface area contributed by atoms with Gasteiger partial charge in [0.15, 0.2) is 0 Å². The van der Waals surface area contributed by atoms with Crippen LogP contribution in [0.15, 0.2) is 22.7 Å². The monoisotopic (exact) mass is 289 g/mol. The lowest BCUT2D eigenvalue weighted by molar-refractivity contribution is 0.0952. The average Bonchev–Trinajstić information content (AvgIpc) is 2.22. The molecule has 1 amide bonds. The quantitative estimate of drug-likeness (QED) is 0.843. The Kier molecular flexibility index (Phi) is 5.12. The summed E-state index contributed by atoms with van der Waals surface area (Å²) in [6, 6.07) is 5.26. The van der Waals surface area contributed by atoms with Gasteiger partial charge in [-0.2, -0.15) is 0 Å². The largest absolute Gasteiger partial charge is 0.352 e. The molecule has 1 aromatic carbocycles. The maximum atomic E-state index is 11.7. The number of nitrogens with one attached hydrogen (secondary N) is 1. The third-order valence-electron chi connectivity index (χ3n) is 2.01. The molecule has 0 aliphatic heterocycles. The molecular weight excluding hydrogens is 277 g/mol. The van der Waals surface area contributed by atoms with Crippen molar-refractivity contribution in [2.45, 2.75) is 19.8 Å². The molecule has 0 unspecified atom stereocenters. The van der Waals surface area contributed by atoms with E-state index in [4.69, 9.17) is 11.6 Å². The number of halogens is 2. The first-order chi connectivity index (χ1) is 7.16. The Labute approximate surface area is 103 Å². The molecule has 4 heteroatoms. The fraction of sp³-hybridized carbons (Fsp3) is 0.364. The SMILES string of the molecule is CCCCNC(=O)c1cccc(Cl)c1Br. The second kappa shape index (κ2) is 6.13. The Morgan fingerprint density at radius 3 is 2.93 bits per heavy atom. The molecule has 0 aromatic heterocycles. The second-order valence-electron chi connectivity index (χ2n) is 3.21. The first-order valence-electron chi connectivity index (χ1n) is 4.89.